The van der Waals surface area contributed by atoms with Crippen LogP contribution in [0, 0.1) is 0 Å². The van der Waals surface area contributed by atoms with E-state index < -0.39 is 42.9 Å². The van der Waals surface area contributed by atoms with Crippen LogP contribution in [-0.2, 0) is 24.6 Å². The number of piperidine rings is 1. The molecule has 1 spiro atoms. The van der Waals surface area contributed by atoms with Crippen molar-refractivity contribution in [3.63, 3.8) is 0 Å². The van der Waals surface area contributed by atoms with Gasteiger partial charge in [-0.3, -0.25) is 0 Å². The van der Waals surface area contributed by atoms with E-state index in [0.29, 0.717) is 67.8 Å². The van der Waals surface area contributed by atoms with Crippen LogP contribution in [0.1, 0.15) is 32.1 Å². The predicted molar refractivity (Wildman–Crippen MR) is 158 cm³/mol. The van der Waals surface area contributed by atoms with Gasteiger partial charge in [0.15, 0.2) is 9.84 Å². The lowest BCUT2D eigenvalue weighted by Crippen LogP contribution is -2.47. The fourth-order valence-electron chi connectivity index (χ4n) is 5.60. The summed E-state index contributed by atoms with van der Waals surface area (Å²) >= 11 is 3.36. The van der Waals surface area contributed by atoms with Gasteiger partial charge in [-0.2, -0.15) is 4.31 Å². The molecule has 2 aliphatic heterocycles. The van der Waals surface area contributed by atoms with Crippen LogP contribution in [0.5, 0.6) is 11.5 Å². The standard InChI is InChI=1S/C28H37BrN2O9S2/c1-38-26-6-5-24(14-25(26)29)42(36,37)31-11-9-27(10-12-31)15-20(17-40-27)30-16-21(33)18-39-22-3-2-4-23(13-22)41(34,35)28(19-32)7-8-28/h2-6,13-14,20-21,30,32-33H,7-12,15-19H2,1H3/t20-,21?/m1/s1. The topological polar surface area (TPSA) is 152 Å². The molecule has 3 N–H and O–H groups in total. The monoisotopic (exact) mass is 688 g/mol. The summed E-state index contributed by atoms with van der Waals surface area (Å²) in [7, 11) is -5.79. The summed E-state index contributed by atoms with van der Waals surface area (Å²) in [6.45, 7) is 0.971. The summed E-state index contributed by atoms with van der Waals surface area (Å²) in [5, 5.41) is 23.4. The molecule has 11 nitrogen and oxygen atoms in total. The van der Waals surface area contributed by atoms with Crippen molar-refractivity contribution in [2.45, 2.75) is 64.4 Å². The zero-order valence-electron chi connectivity index (χ0n) is 23.4. The van der Waals surface area contributed by atoms with Gasteiger partial charge in [0, 0.05) is 25.7 Å². The zero-order valence-corrected chi connectivity index (χ0v) is 26.6. The van der Waals surface area contributed by atoms with Crippen molar-refractivity contribution in [2.75, 3.05) is 46.6 Å². The molecule has 0 radical (unpaired) electrons. The molecule has 3 aliphatic rings. The van der Waals surface area contributed by atoms with Crippen LogP contribution in [0.25, 0.3) is 0 Å². The van der Waals surface area contributed by atoms with E-state index in [9.17, 15) is 27.0 Å². The van der Waals surface area contributed by atoms with Gasteiger partial charge in [-0.1, -0.05) is 6.07 Å². The number of hydrogen-bond acceptors (Lipinski definition) is 10. The van der Waals surface area contributed by atoms with Gasteiger partial charge in [-0.15, -0.1) is 0 Å². The van der Waals surface area contributed by atoms with Gasteiger partial charge < -0.3 is 29.7 Å². The Morgan fingerprint density at radius 2 is 1.83 bits per heavy atom. The third-order valence-corrected chi connectivity index (χ3v) is 13.5. The molecule has 2 saturated heterocycles. The van der Waals surface area contributed by atoms with Crippen LogP contribution in [0.15, 0.2) is 56.7 Å². The Bertz CT molecular complexity index is 1490. The van der Waals surface area contributed by atoms with Gasteiger partial charge >= 0.3 is 0 Å². The fourth-order valence-corrected chi connectivity index (χ4v) is 9.60. The largest absolute Gasteiger partial charge is 0.496 e. The molecule has 5 rings (SSSR count). The van der Waals surface area contributed by atoms with Gasteiger partial charge in [0.25, 0.3) is 0 Å². The van der Waals surface area contributed by atoms with Crippen LogP contribution in [0.4, 0.5) is 0 Å². The van der Waals surface area contributed by atoms with Gasteiger partial charge in [0.05, 0.1) is 44.9 Å². The molecular weight excluding hydrogens is 652 g/mol. The highest BCUT2D eigenvalue weighted by Crippen LogP contribution is 2.46. The lowest BCUT2D eigenvalue weighted by Gasteiger charge is -2.38. The van der Waals surface area contributed by atoms with E-state index in [1.807, 2.05) is 0 Å². The van der Waals surface area contributed by atoms with Gasteiger partial charge in [0.2, 0.25) is 10.0 Å². The number of methoxy groups -OCH3 is 1. The van der Waals surface area contributed by atoms with Crippen molar-refractivity contribution < 1.29 is 41.3 Å². The van der Waals surface area contributed by atoms with Crippen molar-refractivity contribution in [1.29, 1.82) is 0 Å². The third kappa shape index (κ3) is 6.36. The Balaban J connectivity index is 1.08. The van der Waals surface area contributed by atoms with Crippen LogP contribution in [-0.4, -0.2) is 100 Å². The van der Waals surface area contributed by atoms with Crippen molar-refractivity contribution >= 4 is 35.8 Å². The lowest BCUT2D eigenvalue weighted by atomic mass is 9.88. The van der Waals surface area contributed by atoms with Gasteiger partial charge in [-0.25, -0.2) is 16.8 Å². The van der Waals surface area contributed by atoms with E-state index in [0.717, 1.165) is 0 Å². The zero-order chi connectivity index (χ0) is 30.2. The molecule has 1 saturated carbocycles. The predicted octanol–water partition coefficient (Wildman–Crippen LogP) is 2.10. The molecule has 2 atom stereocenters. The van der Waals surface area contributed by atoms with Crippen LogP contribution in [0.2, 0.25) is 0 Å². The van der Waals surface area contributed by atoms with Gasteiger partial charge in [-0.05, 0) is 84.4 Å². The van der Waals surface area contributed by atoms with Crippen molar-refractivity contribution in [3.05, 3.63) is 46.9 Å². The molecule has 14 heteroatoms. The molecule has 3 fully saturated rings. The van der Waals surface area contributed by atoms with E-state index in [1.54, 1.807) is 30.3 Å². The minimum absolute atomic E-state index is 0.00188. The molecule has 2 aromatic rings. The van der Waals surface area contributed by atoms with E-state index in [4.69, 9.17) is 14.2 Å². The van der Waals surface area contributed by atoms with Crippen molar-refractivity contribution in [1.82, 2.24) is 9.62 Å². The average Bonchev–Trinajstić information content (AvgIpc) is 3.71. The number of aliphatic hydroxyl groups is 2. The Labute approximate surface area is 255 Å². The maximum atomic E-state index is 13.2. The first-order valence-electron chi connectivity index (χ1n) is 13.9. The van der Waals surface area contributed by atoms with Crippen LogP contribution in [0.3, 0.4) is 0 Å². The number of sulfone groups is 1. The highest BCUT2D eigenvalue weighted by Gasteiger charge is 2.54. The number of rotatable bonds is 12. The molecule has 0 aromatic heterocycles. The maximum absolute atomic E-state index is 13.2. The second kappa shape index (κ2) is 12.3. The first kappa shape index (κ1) is 31.6. The van der Waals surface area contributed by atoms with E-state index >= 15 is 0 Å². The number of nitrogens with one attached hydrogen (secondary N) is 1. The first-order chi connectivity index (χ1) is 19.9. The molecule has 2 heterocycles. The summed E-state index contributed by atoms with van der Waals surface area (Å²) in [6, 6.07) is 10.9. The Morgan fingerprint density at radius 1 is 1.10 bits per heavy atom. The highest BCUT2D eigenvalue weighted by atomic mass is 79.9. The normalized spacial score (nSPS) is 22.6. The number of nitrogens with zero attached hydrogens (tertiary/aromatic N) is 1. The second-order valence-corrected chi connectivity index (χ2v) is 16.4. The van der Waals surface area contributed by atoms with E-state index in [2.05, 4.69) is 21.2 Å². The molecule has 1 aliphatic carbocycles. The fraction of sp³-hybridized carbons (Fsp3) is 0.571. The molecule has 1 unspecified atom stereocenters. The number of ether oxygens (including phenoxy) is 3. The van der Waals surface area contributed by atoms with E-state index in [-0.39, 0.29) is 29.0 Å². The van der Waals surface area contributed by atoms with Gasteiger partial charge in [0.1, 0.15) is 24.2 Å². The number of sulfonamides is 1. The summed E-state index contributed by atoms with van der Waals surface area (Å²) < 4.78 is 70.1. The minimum Gasteiger partial charge on any atom is -0.496 e. The summed E-state index contributed by atoms with van der Waals surface area (Å²) in [4.78, 5) is 0.308. The van der Waals surface area contributed by atoms with Crippen molar-refractivity contribution in [2.24, 2.45) is 0 Å². The smallest absolute Gasteiger partial charge is 0.243 e. The molecule has 0 bridgehead atoms. The average molecular weight is 690 g/mol. The summed E-state index contributed by atoms with van der Waals surface area (Å²) in [6.07, 6.45) is 1.88. The number of hydrogen-bond donors (Lipinski definition) is 3. The van der Waals surface area contributed by atoms with Crippen LogP contribution >= 0.6 is 15.9 Å². The minimum atomic E-state index is -3.67. The number of halogens is 1. The van der Waals surface area contributed by atoms with Crippen LogP contribution < -0.4 is 14.8 Å². The quantitative estimate of drug-likeness (QED) is 0.302. The summed E-state index contributed by atoms with van der Waals surface area (Å²) in [5.74, 6) is 0.891. The number of benzene rings is 2. The van der Waals surface area contributed by atoms with Crippen molar-refractivity contribution in [3.8, 4) is 11.5 Å². The molecule has 232 valence electrons. The first-order valence-corrected chi connectivity index (χ1v) is 17.6. The lowest BCUT2D eigenvalue weighted by molar-refractivity contribution is -0.0312. The SMILES string of the molecule is COc1ccc(S(=O)(=O)N2CCC3(CC2)C[C@@H](NCC(O)COc2cccc(S(=O)(=O)C4(CO)CC4)c2)CO3)cc1Br. The molecule has 42 heavy (non-hydrogen) atoms. The third-order valence-electron chi connectivity index (χ3n) is 8.47. The number of aliphatic hydroxyl groups excluding tert-OH is 2. The molecule has 2 aromatic carbocycles. The Kier molecular flexibility index (Phi) is 9.27. The second-order valence-electron chi connectivity index (χ2n) is 11.3. The van der Waals surface area contributed by atoms with E-state index in [1.165, 1.54) is 23.5 Å². The Morgan fingerprint density at radius 3 is 2.48 bits per heavy atom. The Hall–Kier alpha value is -1.78. The molecular formula is C28H37BrN2O9S2. The molecule has 0 amide bonds. The maximum Gasteiger partial charge on any atom is 0.243 e. The highest BCUT2D eigenvalue weighted by molar-refractivity contribution is 9.10. The summed E-state index contributed by atoms with van der Waals surface area (Å²) in [5.41, 5.74) is -0.412.